The van der Waals surface area contributed by atoms with Gasteiger partial charge < -0.3 is 14.2 Å². The van der Waals surface area contributed by atoms with Gasteiger partial charge in [-0.3, -0.25) is 10.3 Å². The molecule has 3 rings (SSSR count). The molecule has 8 heteroatoms. The topological polar surface area (TPSA) is 86.8 Å². The highest BCUT2D eigenvalue weighted by Gasteiger charge is 2.07. The van der Waals surface area contributed by atoms with Gasteiger partial charge in [0.15, 0.2) is 11.6 Å². The Morgan fingerprint density at radius 2 is 2.00 bits per heavy atom. The summed E-state index contributed by atoms with van der Waals surface area (Å²) in [5.41, 5.74) is 1.66. The van der Waals surface area contributed by atoms with E-state index in [4.69, 9.17) is 9.47 Å². The van der Waals surface area contributed by atoms with Crippen molar-refractivity contribution in [3.8, 4) is 11.5 Å². The summed E-state index contributed by atoms with van der Waals surface area (Å²) in [5.74, 6) is -0.705. The van der Waals surface area contributed by atoms with Gasteiger partial charge in [-0.1, -0.05) is 18.2 Å². The molecule has 1 amide bonds. The van der Waals surface area contributed by atoms with Crippen LogP contribution in [0.25, 0.3) is 6.08 Å². The van der Waals surface area contributed by atoms with Crippen LogP contribution in [0.4, 0.5) is 14.9 Å². The molecule has 1 heterocycles. The molecule has 0 saturated heterocycles. The second-order valence-electron chi connectivity index (χ2n) is 6.24. The summed E-state index contributed by atoms with van der Waals surface area (Å²) in [6.07, 6.45) is 5.11. The fourth-order valence-corrected chi connectivity index (χ4v) is 2.51. The van der Waals surface area contributed by atoms with E-state index in [1.54, 1.807) is 48.7 Å². The van der Waals surface area contributed by atoms with Crippen LogP contribution in [0.3, 0.4) is 0 Å². The minimum absolute atomic E-state index is 0.00607. The first-order valence-electron chi connectivity index (χ1n) is 9.19. The van der Waals surface area contributed by atoms with Gasteiger partial charge in [0, 0.05) is 18.0 Å². The molecule has 0 spiro atoms. The van der Waals surface area contributed by atoms with E-state index in [-0.39, 0.29) is 12.4 Å². The Morgan fingerprint density at radius 3 is 2.74 bits per heavy atom. The second-order valence-corrected chi connectivity index (χ2v) is 6.24. The van der Waals surface area contributed by atoms with Crippen molar-refractivity contribution < 1.29 is 28.2 Å². The number of amides is 1. The Hall–Kier alpha value is -4.20. The van der Waals surface area contributed by atoms with Gasteiger partial charge in [-0.2, -0.15) is 0 Å². The van der Waals surface area contributed by atoms with E-state index in [0.717, 1.165) is 0 Å². The van der Waals surface area contributed by atoms with Gasteiger partial charge in [-0.05, 0) is 53.6 Å². The molecule has 0 aliphatic carbocycles. The number of nitrogens with zero attached hydrogens (tertiary/aromatic N) is 1. The molecule has 0 bridgehead atoms. The lowest BCUT2D eigenvalue weighted by Crippen LogP contribution is -2.11. The van der Waals surface area contributed by atoms with E-state index < -0.39 is 17.9 Å². The number of benzene rings is 2. The number of rotatable bonds is 7. The average molecular weight is 422 g/mol. The summed E-state index contributed by atoms with van der Waals surface area (Å²) < 4.78 is 29.4. The van der Waals surface area contributed by atoms with Gasteiger partial charge >= 0.3 is 12.1 Å². The van der Waals surface area contributed by atoms with E-state index in [1.807, 2.05) is 0 Å². The average Bonchev–Trinajstić information content (AvgIpc) is 2.79. The quantitative estimate of drug-likeness (QED) is 0.428. The lowest BCUT2D eigenvalue weighted by molar-refractivity contribution is -0.138. The lowest BCUT2D eigenvalue weighted by atomic mass is 10.2. The number of pyridine rings is 1. The number of halogens is 1. The summed E-state index contributed by atoms with van der Waals surface area (Å²) >= 11 is 0. The number of hydrogen-bond acceptors (Lipinski definition) is 6. The van der Waals surface area contributed by atoms with Crippen LogP contribution in [0.2, 0.25) is 0 Å². The number of methoxy groups -OCH3 is 1. The molecule has 158 valence electrons. The molecule has 0 radical (unpaired) electrons. The van der Waals surface area contributed by atoms with Gasteiger partial charge in [0.2, 0.25) is 0 Å². The number of anilines is 1. The number of ether oxygens (including phenoxy) is 3. The van der Waals surface area contributed by atoms with Crippen LogP contribution in [-0.4, -0.2) is 24.2 Å². The van der Waals surface area contributed by atoms with Crippen molar-refractivity contribution in [2.75, 3.05) is 12.4 Å². The summed E-state index contributed by atoms with van der Waals surface area (Å²) in [6, 6.07) is 14.5. The minimum atomic E-state index is -0.596. The number of hydrogen-bond donors (Lipinski definition) is 1. The zero-order chi connectivity index (χ0) is 22.1. The van der Waals surface area contributed by atoms with Crippen LogP contribution in [0, 0.1) is 5.82 Å². The minimum Gasteiger partial charge on any atom is -0.458 e. The predicted octanol–water partition coefficient (Wildman–Crippen LogP) is 4.95. The molecule has 1 aromatic heterocycles. The highest BCUT2D eigenvalue weighted by atomic mass is 19.1. The zero-order valence-corrected chi connectivity index (χ0v) is 16.6. The third-order valence-electron chi connectivity index (χ3n) is 3.97. The first kappa shape index (κ1) is 21.5. The number of nitrogens with one attached hydrogen (secondary N) is 1. The molecule has 0 aliphatic rings. The van der Waals surface area contributed by atoms with E-state index in [2.05, 4.69) is 15.0 Å². The fraction of sp³-hybridized carbons (Fsp3) is 0.0870. The fourth-order valence-electron chi connectivity index (χ4n) is 2.51. The van der Waals surface area contributed by atoms with Crippen molar-refractivity contribution in [1.82, 2.24) is 4.98 Å². The molecule has 3 aromatic rings. The van der Waals surface area contributed by atoms with Gasteiger partial charge in [-0.25, -0.2) is 14.0 Å². The van der Waals surface area contributed by atoms with Crippen LogP contribution in [0.1, 0.15) is 11.1 Å². The summed E-state index contributed by atoms with van der Waals surface area (Å²) in [5, 5.41) is 2.53. The maximum Gasteiger partial charge on any atom is 0.411 e. The Kier molecular flexibility index (Phi) is 7.31. The van der Waals surface area contributed by atoms with E-state index in [0.29, 0.717) is 22.6 Å². The molecular weight excluding hydrogens is 403 g/mol. The predicted molar refractivity (Wildman–Crippen MR) is 112 cm³/mol. The number of carbonyl (C=O) groups is 2. The molecule has 0 unspecified atom stereocenters. The summed E-state index contributed by atoms with van der Waals surface area (Å²) in [4.78, 5) is 27.1. The van der Waals surface area contributed by atoms with Crippen LogP contribution in [-0.2, 0) is 20.9 Å². The zero-order valence-electron chi connectivity index (χ0n) is 16.6. The van der Waals surface area contributed by atoms with Gasteiger partial charge in [-0.15, -0.1) is 0 Å². The molecule has 0 aliphatic heterocycles. The van der Waals surface area contributed by atoms with Crippen LogP contribution < -0.4 is 10.1 Å². The number of esters is 1. The van der Waals surface area contributed by atoms with Crippen LogP contribution in [0.15, 0.2) is 73.1 Å². The number of carbonyl (C=O) groups excluding carboxylic acids is 2. The first-order chi connectivity index (χ1) is 15.0. The maximum atomic E-state index is 14.2. The van der Waals surface area contributed by atoms with Crippen molar-refractivity contribution in [1.29, 1.82) is 0 Å². The van der Waals surface area contributed by atoms with Gasteiger partial charge in [0.05, 0.1) is 13.3 Å². The van der Waals surface area contributed by atoms with Gasteiger partial charge in [0.1, 0.15) is 12.4 Å². The molecular formula is C23H19FN2O5. The standard InChI is InChI=1S/C23H19FN2O5/c1-29-23(28)26-18-5-2-4-17(12-18)15-30-22(27)10-8-16-7-9-21(20(24)13-16)31-19-6-3-11-25-14-19/h2-14H,15H2,1H3,(H,26,28)/b10-8+. The normalized spacial score (nSPS) is 10.5. The molecule has 2 aromatic carbocycles. The Labute approximate surface area is 178 Å². The van der Waals surface area contributed by atoms with Crippen molar-refractivity contribution in [2.45, 2.75) is 6.61 Å². The van der Waals surface area contributed by atoms with Gasteiger partial charge in [0.25, 0.3) is 0 Å². The Bertz CT molecular complexity index is 1090. The molecule has 7 nitrogen and oxygen atoms in total. The Morgan fingerprint density at radius 1 is 1.13 bits per heavy atom. The van der Waals surface area contributed by atoms with E-state index in [1.165, 1.54) is 37.6 Å². The van der Waals surface area contributed by atoms with E-state index >= 15 is 0 Å². The smallest absolute Gasteiger partial charge is 0.411 e. The van der Waals surface area contributed by atoms with Crippen molar-refractivity contribution >= 4 is 23.8 Å². The largest absolute Gasteiger partial charge is 0.458 e. The van der Waals surface area contributed by atoms with Crippen molar-refractivity contribution in [3.63, 3.8) is 0 Å². The molecule has 31 heavy (non-hydrogen) atoms. The van der Waals surface area contributed by atoms with E-state index in [9.17, 15) is 14.0 Å². The maximum absolute atomic E-state index is 14.2. The Balaban J connectivity index is 1.54. The third-order valence-corrected chi connectivity index (χ3v) is 3.97. The SMILES string of the molecule is COC(=O)Nc1cccc(COC(=O)/C=C/c2ccc(Oc3cccnc3)c(F)c2)c1. The monoisotopic (exact) mass is 422 g/mol. The van der Waals surface area contributed by atoms with Crippen molar-refractivity contribution in [2.24, 2.45) is 0 Å². The molecule has 0 atom stereocenters. The van der Waals surface area contributed by atoms with Crippen LogP contribution >= 0.6 is 0 Å². The first-order valence-corrected chi connectivity index (χ1v) is 9.19. The summed E-state index contributed by atoms with van der Waals surface area (Å²) in [7, 11) is 1.26. The second kappa shape index (κ2) is 10.5. The van der Waals surface area contributed by atoms with Crippen molar-refractivity contribution in [3.05, 3.63) is 90.0 Å². The molecule has 0 fully saturated rings. The highest BCUT2D eigenvalue weighted by Crippen LogP contribution is 2.24. The number of aromatic nitrogens is 1. The lowest BCUT2D eigenvalue weighted by Gasteiger charge is -2.07. The highest BCUT2D eigenvalue weighted by molar-refractivity contribution is 5.87. The molecule has 0 saturated carbocycles. The summed E-state index contributed by atoms with van der Waals surface area (Å²) in [6.45, 7) is 0.00607. The van der Waals surface area contributed by atoms with Crippen LogP contribution in [0.5, 0.6) is 11.5 Å². The third kappa shape index (κ3) is 6.67. The molecule has 1 N–H and O–H groups in total.